The molecule has 0 bridgehead atoms. The fraction of sp³-hybridized carbons (Fsp3) is 0.500. The molecule has 0 saturated carbocycles. The summed E-state index contributed by atoms with van der Waals surface area (Å²) in [6.45, 7) is 3.11. The van der Waals surface area contributed by atoms with E-state index >= 15 is 0 Å². The molecule has 1 saturated heterocycles. The molecule has 0 radical (unpaired) electrons. The molecule has 3 nitrogen and oxygen atoms in total. The van der Waals surface area contributed by atoms with Gasteiger partial charge in [0.2, 0.25) is 0 Å². The van der Waals surface area contributed by atoms with E-state index < -0.39 is 0 Å². The average Bonchev–Trinajstić information content (AvgIpc) is 2.15. The zero-order valence-electron chi connectivity index (χ0n) is 10.1. The summed E-state index contributed by atoms with van der Waals surface area (Å²) in [5.41, 5.74) is 1.23. The highest BCUT2D eigenvalue weighted by Crippen LogP contribution is 2.24. The SMILES string of the molecule is COc1ccc(Br)cc1CN(C)C1CNC1.Cl. The van der Waals surface area contributed by atoms with E-state index in [1.165, 1.54) is 5.56 Å². The van der Waals surface area contributed by atoms with Gasteiger partial charge < -0.3 is 10.1 Å². The van der Waals surface area contributed by atoms with Crippen LogP contribution in [0, 0.1) is 0 Å². The number of nitrogens with zero attached hydrogens (tertiary/aromatic N) is 1. The molecule has 0 aliphatic carbocycles. The van der Waals surface area contributed by atoms with E-state index in [9.17, 15) is 0 Å². The second-order valence-electron chi connectivity index (χ2n) is 4.18. The van der Waals surface area contributed by atoms with Crippen molar-refractivity contribution in [2.24, 2.45) is 0 Å². The Kier molecular flexibility index (Phi) is 5.73. The normalized spacial score (nSPS) is 15.3. The molecule has 1 aliphatic rings. The first kappa shape index (κ1) is 14.8. The van der Waals surface area contributed by atoms with Crippen LogP contribution >= 0.6 is 28.3 Å². The minimum atomic E-state index is 0. The highest BCUT2D eigenvalue weighted by Gasteiger charge is 2.22. The Morgan fingerprint density at radius 2 is 2.18 bits per heavy atom. The molecule has 1 heterocycles. The molecule has 1 N–H and O–H groups in total. The second kappa shape index (κ2) is 6.59. The number of likely N-dealkylation sites (N-methyl/N-ethyl adjacent to an activating group) is 1. The van der Waals surface area contributed by atoms with E-state index in [1.54, 1.807) is 7.11 Å². The molecule has 2 rings (SSSR count). The third kappa shape index (κ3) is 3.58. The van der Waals surface area contributed by atoms with Crippen LogP contribution in [0.15, 0.2) is 22.7 Å². The molecule has 5 heteroatoms. The summed E-state index contributed by atoms with van der Waals surface area (Å²) < 4.78 is 6.47. The first-order valence-corrected chi connectivity index (χ1v) is 6.23. The summed E-state index contributed by atoms with van der Waals surface area (Å²) in [6.07, 6.45) is 0. The van der Waals surface area contributed by atoms with Gasteiger partial charge in [-0.3, -0.25) is 4.90 Å². The molecule has 1 aliphatic heterocycles. The van der Waals surface area contributed by atoms with Gasteiger partial charge in [-0.2, -0.15) is 0 Å². The number of halogens is 2. The van der Waals surface area contributed by atoms with Crippen molar-refractivity contribution in [2.75, 3.05) is 27.2 Å². The molecule has 0 unspecified atom stereocenters. The van der Waals surface area contributed by atoms with Gasteiger partial charge in [-0.05, 0) is 25.2 Å². The van der Waals surface area contributed by atoms with Crippen LogP contribution in [0.25, 0.3) is 0 Å². The van der Waals surface area contributed by atoms with E-state index in [0.29, 0.717) is 6.04 Å². The maximum absolute atomic E-state index is 5.37. The Morgan fingerprint density at radius 1 is 1.47 bits per heavy atom. The number of ether oxygens (including phenoxy) is 1. The largest absolute Gasteiger partial charge is 0.496 e. The van der Waals surface area contributed by atoms with Gasteiger partial charge in [0.25, 0.3) is 0 Å². The lowest BCUT2D eigenvalue weighted by Crippen LogP contribution is -2.55. The third-order valence-electron chi connectivity index (χ3n) is 3.05. The third-order valence-corrected chi connectivity index (χ3v) is 3.54. The first-order chi connectivity index (χ1) is 7.70. The van der Waals surface area contributed by atoms with Gasteiger partial charge >= 0.3 is 0 Å². The topological polar surface area (TPSA) is 24.5 Å². The van der Waals surface area contributed by atoms with Crippen LogP contribution in [-0.2, 0) is 6.54 Å². The zero-order chi connectivity index (χ0) is 11.5. The summed E-state index contributed by atoms with van der Waals surface area (Å²) in [6, 6.07) is 6.80. The van der Waals surface area contributed by atoms with Crippen LogP contribution in [0.3, 0.4) is 0 Å². The van der Waals surface area contributed by atoms with Crippen LogP contribution in [0.5, 0.6) is 5.75 Å². The van der Waals surface area contributed by atoms with Crippen molar-refractivity contribution in [3.05, 3.63) is 28.2 Å². The molecular weight excluding hydrogens is 304 g/mol. The lowest BCUT2D eigenvalue weighted by Gasteiger charge is -2.35. The van der Waals surface area contributed by atoms with Crippen molar-refractivity contribution in [3.63, 3.8) is 0 Å². The van der Waals surface area contributed by atoms with Crippen molar-refractivity contribution in [1.29, 1.82) is 0 Å². The Morgan fingerprint density at radius 3 is 2.71 bits per heavy atom. The molecule has 0 aromatic heterocycles. The van der Waals surface area contributed by atoms with Crippen LogP contribution in [0.2, 0.25) is 0 Å². The van der Waals surface area contributed by atoms with Crippen LogP contribution in [0.1, 0.15) is 5.56 Å². The van der Waals surface area contributed by atoms with Crippen LogP contribution in [0.4, 0.5) is 0 Å². The lowest BCUT2D eigenvalue weighted by molar-refractivity contribution is 0.171. The van der Waals surface area contributed by atoms with Gasteiger partial charge in [-0.1, -0.05) is 15.9 Å². The Balaban J connectivity index is 0.00000144. The Hall–Kier alpha value is -0.290. The standard InChI is InChI=1S/C12H17BrN2O.ClH/c1-15(11-6-14-7-11)8-9-5-10(13)3-4-12(9)16-2;/h3-5,11,14H,6-8H2,1-2H3;1H. The fourth-order valence-electron chi connectivity index (χ4n) is 1.85. The summed E-state index contributed by atoms with van der Waals surface area (Å²) in [7, 11) is 3.88. The van der Waals surface area contributed by atoms with E-state index in [4.69, 9.17) is 4.74 Å². The molecule has 0 atom stereocenters. The van der Waals surface area contributed by atoms with Crippen molar-refractivity contribution in [1.82, 2.24) is 10.2 Å². The zero-order valence-corrected chi connectivity index (χ0v) is 12.5. The summed E-state index contributed by atoms with van der Waals surface area (Å²) >= 11 is 3.50. The molecule has 0 spiro atoms. The van der Waals surface area contributed by atoms with Crippen molar-refractivity contribution in [2.45, 2.75) is 12.6 Å². The summed E-state index contributed by atoms with van der Waals surface area (Å²) in [4.78, 5) is 2.36. The minimum Gasteiger partial charge on any atom is -0.496 e. The molecule has 1 aromatic carbocycles. The number of hydrogen-bond donors (Lipinski definition) is 1. The number of methoxy groups -OCH3 is 1. The maximum atomic E-state index is 5.37. The second-order valence-corrected chi connectivity index (χ2v) is 5.10. The van der Waals surface area contributed by atoms with Gasteiger partial charge in [0.05, 0.1) is 7.11 Å². The number of rotatable bonds is 4. The van der Waals surface area contributed by atoms with Gasteiger partial charge in [0.1, 0.15) is 5.75 Å². The molecule has 17 heavy (non-hydrogen) atoms. The first-order valence-electron chi connectivity index (χ1n) is 5.44. The summed E-state index contributed by atoms with van der Waals surface area (Å²) in [5.74, 6) is 0.960. The highest BCUT2D eigenvalue weighted by atomic mass is 79.9. The highest BCUT2D eigenvalue weighted by molar-refractivity contribution is 9.10. The van der Waals surface area contributed by atoms with E-state index in [1.807, 2.05) is 12.1 Å². The monoisotopic (exact) mass is 320 g/mol. The molecule has 1 fully saturated rings. The van der Waals surface area contributed by atoms with Gasteiger partial charge in [-0.25, -0.2) is 0 Å². The fourth-order valence-corrected chi connectivity index (χ4v) is 2.26. The lowest BCUT2D eigenvalue weighted by atomic mass is 10.1. The predicted molar refractivity (Wildman–Crippen MR) is 76.1 cm³/mol. The quantitative estimate of drug-likeness (QED) is 0.921. The predicted octanol–water partition coefficient (Wildman–Crippen LogP) is 2.28. The number of hydrogen-bond acceptors (Lipinski definition) is 3. The van der Waals surface area contributed by atoms with Crippen molar-refractivity contribution >= 4 is 28.3 Å². The van der Waals surface area contributed by atoms with Gasteiger partial charge in [-0.15, -0.1) is 12.4 Å². The van der Waals surface area contributed by atoms with Crippen LogP contribution in [-0.4, -0.2) is 38.2 Å². The molecule has 96 valence electrons. The van der Waals surface area contributed by atoms with Crippen molar-refractivity contribution in [3.8, 4) is 5.75 Å². The van der Waals surface area contributed by atoms with Gasteiger partial charge in [0.15, 0.2) is 0 Å². The maximum Gasteiger partial charge on any atom is 0.123 e. The average molecular weight is 322 g/mol. The Bertz CT molecular complexity index is 372. The smallest absolute Gasteiger partial charge is 0.123 e. The molecule has 1 aromatic rings. The number of benzene rings is 1. The number of nitrogens with one attached hydrogen (secondary N) is 1. The summed E-state index contributed by atoms with van der Waals surface area (Å²) in [5, 5.41) is 3.29. The molecular formula is C12H18BrClN2O. The Labute approximate surface area is 117 Å². The van der Waals surface area contributed by atoms with Crippen LogP contribution < -0.4 is 10.1 Å². The minimum absolute atomic E-state index is 0. The van der Waals surface area contributed by atoms with E-state index in [0.717, 1.165) is 29.9 Å². The van der Waals surface area contributed by atoms with Crippen molar-refractivity contribution < 1.29 is 4.74 Å². The molecule has 0 amide bonds. The van der Waals surface area contributed by atoms with E-state index in [2.05, 4.69) is 39.3 Å². The van der Waals surface area contributed by atoms with Gasteiger partial charge in [0, 0.05) is 35.7 Å². The van der Waals surface area contributed by atoms with E-state index in [-0.39, 0.29) is 12.4 Å².